The van der Waals surface area contributed by atoms with Crippen LogP contribution in [0.25, 0.3) is 0 Å². The van der Waals surface area contributed by atoms with Crippen LogP contribution in [0.1, 0.15) is 37.0 Å². The van der Waals surface area contributed by atoms with E-state index in [1.165, 1.54) is 18.2 Å². The van der Waals surface area contributed by atoms with Crippen molar-refractivity contribution >= 4 is 23.5 Å². The summed E-state index contributed by atoms with van der Waals surface area (Å²) in [7, 11) is 1.63. The number of ether oxygens (including phenoxy) is 2. The molecule has 0 spiro atoms. The average Bonchev–Trinajstić information content (AvgIpc) is 2.58. The molecule has 1 atom stereocenters. The van der Waals surface area contributed by atoms with E-state index in [1.807, 2.05) is 0 Å². The van der Waals surface area contributed by atoms with Gasteiger partial charge in [-0.25, -0.2) is 9.18 Å². The lowest BCUT2D eigenvalue weighted by Crippen LogP contribution is -2.42. The van der Waals surface area contributed by atoms with Crippen molar-refractivity contribution in [2.75, 3.05) is 25.6 Å². The normalized spacial score (nSPS) is 11.4. The molecule has 0 aromatic heterocycles. The quantitative estimate of drug-likeness (QED) is 0.658. The molecule has 1 rings (SSSR count). The Morgan fingerprint density at radius 2 is 1.84 bits per heavy atom. The lowest BCUT2D eigenvalue weighted by Gasteiger charge is -2.17. The molecular weight excluding hydrogens is 331 g/mol. The van der Waals surface area contributed by atoms with Crippen LogP contribution >= 0.6 is 0 Å². The summed E-state index contributed by atoms with van der Waals surface area (Å²) in [6.45, 7) is 3.63. The number of carbonyl (C=O) groups excluding carboxylic acids is 3. The van der Waals surface area contributed by atoms with E-state index < -0.39 is 29.7 Å². The molecule has 7 nitrogen and oxygen atoms in total. The zero-order valence-electron chi connectivity index (χ0n) is 14.6. The Morgan fingerprint density at radius 1 is 1.16 bits per heavy atom. The number of amides is 1. The van der Waals surface area contributed by atoms with Crippen LogP contribution in [0.2, 0.25) is 0 Å². The molecule has 138 valence electrons. The number of rotatable bonds is 9. The zero-order chi connectivity index (χ0) is 18.8. The summed E-state index contributed by atoms with van der Waals surface area (Å²) in [6, 6.07) is 2.95. The van der Waals surface area contributed by atoms with E-state index in [2.05, 4.69) is 10.6 Å². The van der Waals surface area contributed by atoms with Gasteiger partial charge in [-0.15, -0.1) is 0 Å². The molecule has 8 heteroatoms. The van der Waals surface area contributed by atoms with E-state index in [-0.39, 0.29) is 31.6 Å². The van der Waals surface area contributed by atoms with Crippen LogP contribution in [0.15, 0.2) is 18.2 Å². The molecule has 0 aliphatic heterocycles. The molecule has 1 aromatic rings. The standard InChI is InChI=1S/C17H23FN2O5/c1-4-24-15(21)9-8-14(17(23)25-5-2)20-16(22)12-7-6-11(19-3)10-13(12)18/h6-7,10,14,19H,4-5,8-9H2,1-3H3,(H,20,22)/t14-/m1/s1. The highest BCUT2D eigenvalue weighted by molar-refractivity contribution is 5.97. The van der Waals surface area contributed by atoms with Gasteiger partial charge >= 0.3 is 11.9 Å². The lowest BCUT2D eigenvalue weighted by atomic mass is 10.1. The first-order valence-electron chi connectivity index (χ1n) is 8.03. The minimum atomic E-state index is -1.07. The SMILES string of the molecule is CCOC(=O)CC[C@@H](NC(=O)c1ccc(NC)cc1F)C(=O)OCC. The molecule has 0 saturated heterocycles. The fraction of sp³-hybridized carbons (Fsp3) is 0.471. The second kappa shape index (κ2) is 10.3. The van der Waals surface area contributed by atoms with Gasteiger partial charge < -0.3 is 20.1 Å². The number of anilines is 1. The number of nitrogens with one attached hydrogen (secondary N) is 2. The number of benzene rings is 1. The van der Waals surface area contributed by atoms with Crippen LogP contribution in [0.3, 0.4) is 0 Å². The van der Waals surface area contributed by atoms with Crippen molar-refractivity contribution in [1.29, 1.82) is 0 Å². The summed E-state index contributed by atoms with van der Waals surface area (Å²) in [6.07, 6.45) is -0.0710. The highest BCUT2D eigenvalue weighted by Gasteiger charge is 2.25. The Labute approximate surface area is 145 Å². The van der Waals surface area contributed by atoms with E-state index >= 15 is 0 Å². The van der Waals surface area contributed by atoms with Crippen molar-refractivity contribution in [3.05, 3.63) is 29.6 Å². The Bertz CT molecular complexity index is 621. The van der Waals surface area contributed by atoms with Gasteiger partial charge in [-0.3, -0.25) is 9.59 Å². The molecule has 0 bridgehead atoms. The van der Waals surface area contributed by atoms with E-state index in [0.29, 0.717) is 5.69 Å². The predicted molar refractivity (Wildman–Crippen MR) is 89.7 cm³/mol. The van der Waals surface area contributed by atoms with Crippen molar-refractivity contribution in [2.24, 2.45) is 0 Å². The molecule has 25 heavy (non-hydrogen) atoms. The highest BCUT2D eigenvalue weighted by atomic mass is 19.1. The second-order valence-corrected chi connectivity index (χ2v) is 5.07. The summed E-state index contributed by atoms with van der Waals surface area (Å²) in [5, 5.41) is 5.17. The van der Waals surface area contributed by atoms with Crippen LogP contribution in [0.5, 0.6) is 0 Å². The molecule has 0 unspecified atom stereocenters. The topological polar surface area (TPSA) is 93.7 Å². The van der Waals surface area contributed by atoms with Crippen LogP contribution in [-0.2, 0) is 19.1 Å². The number of esters is 2. The first-order valence-corrected chi connectivity index (χ1v) is 8.03. The average molecular weight is 354 g/mol. The van der Waals surface area contributed by atoms with Crippen molar-refractivity contribution in [3.8, 4) is 0 Å². The third-order valence-electron chi connectivity index (χ3n) is 3.32. The minimum absolute atomic E-state index is 0.000372. The van der Waals surface area contributed by atoms with Gasteiger partial charge in [0.1, 0.15) is 11.9 Å². The van der Waals surface area contributed by atoms with Gasteiger partial charge in [0.05, 0.1) is 18.8 Å². The predicted octanol–water partition coefficient (Wildman–Crippen LogP) is 1.87. The fourth-order valence-corrected chi connectivity index (χ4v) is 2.08. The third kappa shape index (κ3) is 6.40. The monoisotopic (exact) mass is 354 g/mol. The number of halogens is 1. The molecule has 0 fully saturated rings. The highest BCUT2D eigenvalue weighted by Crippen LogP contribution is 2.14. The van der Waals surface area contributed by atoms with Gasteiger partial charge in [0.15, 0.2) is 0 Å². The number of hydrogen-bond acceptors (Lipinski definition) is 6. The van der Waals surface area contributed by atoms with Gasteiger partial charge in [-0.05, 0) is 38.5 Å². The molecule has 0 saturated carbocycles. The van der Waals surface area contributed by atoms with Crippen molar-refractivity contribution in [1.82, 2.24) is 5.32 Å². The third-order valence-corrected chi connectivity index (χ3v) is 3.32. The van der Waals surface area contributed by atoms with E-state index in [0.717, 1.165) is 0 Å². The van der Waals surface area contributed by atoms with Crippen LogP contribution in [0.4, 0.5) is 10.1 Å². The Hall–Kier alpha value is -2.64. The number of hydrogen-bond donors (Lipinski definition) is 2. The molecule has 1 amide bonds. The van der Waals surface area contributed by atoms with Crippen molar-refractivity contribution in [2.45, 2.75) is 32.7 Å². The van der Waals surface area contributed by atoms with Gasteiger partial charge in [-0.2, -0.15) is 0 Å². The maximum atomic E-state index is 14.0. The minimum Gasteiger partial charge on any atom is -0.466 e. The largest absolute Gasteiger partial charge is 0.466 e. The summed E-state index contributed by atoms with van der Waals surface area (Å²) in [5.74, 6) is -2.66. The first-order chi connectivity index (χ1) is 11.9. The second-order valence-electron chi connectivity index (χ2n) is 5.07. The number of carbonyl (C=O) groups is 3. The zero-order valence-corrected chi connectivity index (χ0v) is 14.6. The van der Waals surface area contributed by atoms with Crippen LogP contribution in [-0.4, -0.2) is 44.1 Å². The van der Waals surface area contributed by atoms with E-state index in [1.54, 1.807) is 20.9 Å². The Morgan fingerprint density at radius 3 is 2.40 bits per heavy atom. The van der Waals surface area contributed by atoms with Crippen molar-refractivity contribution < 1.29 is 28.2 Å². The molecule has 1 aromatic carbocycles. The maximum absolute atomic E-state index is 14.0. The molecule has 0 aliphatic carbocycles. The fourth-order valence-electron chi connectivity index (χ4n) is 2.08. The summed E-state index contributed by atoms with van der Waals surface area (Å²) < 4.78 is 23.7. The smallest absolute Gasteiger partial charge is 0.328 e. The Balaban J connectivity index is 2.83. The van der Waals surface area contributed by atoms with E-state index in [4.69, 9.17) is 9.47 Å². The molecule has 0 aliphatic rings. The van der Waals surface area contributed by atoms with Crippen LogP contribution in [0, 0.1) is 5.82 Å². The maximum Gasteiger partial charge on any atom is 0.328 e. The van der Waals surface area contributed by atoms with Gasteiger partial charge in [-0.1, -0.05) is 0 Å². The Kier molecular flexibility index (Phi) is 8.38. The summed E-state index contributed by atoms with van der Waals surface area (Å²) in [4.78, 5) is 35.7. The molecule has 0 heterocycles. The van der Waals surface area contributed by atoms with Gasteiger partial charge in [0.25, 0.3) is 5.91 Å². The molecule has 0 radical (unpaired) electrons. The molecule has 2 N–H and O–H groups in total. The summed E-state index contributed by atoms with van der Waals surface area (Å²) in [5.41, 5.74) is 0.308. The van der Waals surface area contributed by atoms with Gasteiger partial charge in [0, 0.05) is 19.2 Å². The summed E-state index contributed by atoms with van der Waals surface area (Å²) >= 11 is 0. The van der Waals surface area contributed by atoms with Crippen LogP contribution < -0.4 is 10.6 Å². The van der Waals surface area contributed by atoms with E-state index in [9.17, 15) is 18.8 Å². The van der Waals surface area contributed by atoms with Crippen molar-refractivity contribution in [3.63, 3.8) is 0 Å². The van der Waals surface area contributed by atoms with Gasteiger partial charge in [0.2, 0.25) is 0 Å². The molecular formula is C17H23FN2O5. The first kappa shape index (κ1) is 20.4. The lowest BCUT2D eigenvalue weighted by molar-refractivity contribution is -0.146.